The third kappa shape index (κ3) is 4.86. The van der Waals surface area contributed by atoms with Crippen LogP contribution in [-0.4, -0.2) is 29.1 Å². The van der Waals surface area contributed by atoms with Crippen molar-refractivity contribution in [3.8, 4) is 5.75 Å². The number of ether oxygens (including phenoxy) is 1. The largest absolute Gasteiger partial charge is 0.488 e. The summed E-state index contributed by atoms with van der Waals surface area (Å²) in [4.78, 5) is 19.7. The van der Waals surface area contributed by atoms with Crippen molar-refractivity contribution in [3.05, 3.63) is 81.2 Å². The molecule has 0 saturated carbocycles. The Hall–Kier alpha value is -2.57. The molecule has 1 aliphatic rings. The quantitative estimate of drug-likeness (QED) is 0.367. The van der Waals surface area contributed by atoms with E-state index >= 15 is 0 Å². The molecule has 6 heteroatoms. The van der Waals surface area contributed by atoms with E-state index in [9.17, 15) is 4.79 Å². The van der Waals surface area contributed by atoms with E-state index in [1.165, 1.54) is 22.5 Å². The van der Waals surface area contributed by atoms with Crippen LogP contribution in [0.2, 0.25) is 0 Å². The minimum atomic E-state index is -0.0137. The van der Waals surface area contributed by atoms with Gasteiger partial charge in [-0.15, -0.1) is 0 Å². The third-order valence-electron chi connectivity index (χ3n) is 4.96. The van der Waals surface area contributed by atoms with Gasteiger partial charge in [-0.3, -0.25) is 14.7 Å². The second-order valence-electron chi connectivity index (χ2n) is 7.07. The number of rotatable bonds is 6. The molecule has 3 aromatic rings. The molecule has 31 heavy (non-hydrogen) atoms. The van der Waals surface area contributed by atoms with Crippen LogP contribution in [0.1, 0.15) is 25.0 Å². The summed E-state index contributed by atoms with van der Waals surface area (Å²) in [7, 11) is 0. The van der Waals surface area contributed by atoms with Crippen molar-refractivity contribution >= 4 is 55.6 Å². The average Bonchev–Trinajstić information content (AvgIpc) is 3.07. The molecule has 0 spiro atoms. The van der Waals surface area contributed by atoms with E-state index in [1.807, 2.05) is 50.3 Å². The second kappa shape index (κ2) is 9.71. The number of amidine groups is 1. The molecule has 0 bridgehead atoms. The molecule has 1 amide bonds. The van der Waals surface area contributed by atoms with Crippen LogP contribution in [0.4, 0.5) is 0 Å². The Bertz CT molecular complexity index is 1190. The number of carbonyl (C=O) groups is 1. The summed E-state index contributed by atoms with van der Waals surface area (Å²) in [6.45, 7) is 5.64. The maximum atomic E-state index is 12.8. The molecule has 0 aliphatic carbocycles. The summed E-state index contributed by atoms with van der Waals surface area (Å²) in [5.74, 6) is 0.723. The number of carbonyl (C=O) groups excluding carboxylic acids is 1. The first-order valence-electron chi connectivity index (χ1n) is 10.2. The maximum Gasteiger partial charge on any atom is 0.266 e. The number of fused-ring (bicyclic) bond motifs is 1. The SMILES string of the molecule is CCN=C1S/C(=C\c2cc(Br)ccc2OCc2ccc3ccccc3c2)C(=O)N1CC. The summed E-state index contributed by atoms with van der Waals surface area (Å²) in [6.07, 6.45) is 1.90. The molecule has 4 nitrogen and oxygen atoms in total. The van der Waals surface area contributed by atoms with E-state index < -0.39 is 0 Å². The second-order valence-corrected chi connectivity index (χ2v) is 8.99. The van der Waals surface area contributed by atoms with Gasteiger partial charge in [0.2, 0.25) is 0 Å². The molecule has 1 fully saturated rings. The van der Waals surface area contributed by atoms with Gasteiger partial charge in [-0.2, -0.15) is 0 Å². The Labute approximate surface area is 195 Å². The van der Waals surface area contributed by atoms with Crippen molar-refractivity contribution in [2.45, 2.75) is 20.5 Å². The fourth-order valence-corrected chi connectivity index (χ4v) is 4.91. The van der Waals surface area contributed by atoms with E-state index in [4.69, 9.17) is 4.74 Å². The number of nitrogens with zero attached hydrogens (tertiary/aromatic N) is 2. The van der Waals surface area contributed by atoms with E-state index in [1.54, 1.807) is 4.90 Å². The molecule has 0 unspecified atom stereocenters. The number of aliphatic imine (C=N–C) groups is 1. The lowest BCUT2D eigenvalue weighted by molar-refractivity contribution is -0.122. The molecule has 0 atom stereocenters. The smallest absolute Gasteiger partial charge is 0.266 e. The van der Waals surface area contributed by atoms with Crippen LogP contribution in [0, 0.1) is 0 Å². The number of likely N-dealkylation sites (N-methyl/N-ethyl adjacent to an activating group) is 1. The standard InChI is InChI=1S/C25H23BrN2O2S/c1-3-27-25-28(4-2)24(29)23(31-25)15-20-14-21(26)11-12-22(20)30-16-17-9-10-18-7-5-6-8-19(18)13-17/h5-15H,3-4,16H2,1-2H3/b23-15-,27-25?. The molecule has 0 N–H and O–H groups in total. The molecule has 0 aromatic heterocycles. The van der Waals surface area contributed by atoms with Crippen LogP contribution in [0.15, 0.2) is 75.0 Å². The van der Waals surface area contributed by atoms with Gasteiger partial charge in [-0.25, -0.2) is 0 Å². The Morgan fingerprint density at radius 1 is 1.06 bits per heavy atom. The molecule has 4 rings (SSSR count). The Balaban J connectivity index is 1.59. The van der Waals surface area contributed by atoms with Gasteiger partial charge in [0.15, 0.2) is 5.17 Å². The van der Waals surface area contributed by atoms with Gasteiger partial charge in [0.25, 0.3) is 5.91 Å². The fraction of sp³-hybridized carbons (Fsp3) is 0.200. The first-order valence-corrected chi connectivity index (χ1v) is 11.9. The number of thioether (sulfide) groups is 1. The van der Waals surface area contributed by atoms with Gasteiger partial charge in [0.1, 0.15) is 12.4 Å². The number of hydrogen-bond acceptors (Lipinski definition) is 4. The van der Waals surface area contributed by atoms with Crippen LogP contribution in [0.3, 0.4) is 0 Å². The molecule has 1 saturated heterocycles. The normalized spacial score (nSPS) is 16.6. The topological polar surface area (TPSA) is 41.9 Å². The highest BCUT2D eigenvalue weighted by Gasteiger charge is 2.32. The summed E-state index contributed by atoms with van der Waals surface area (Å²) in [5, 5.41) is 3.16. The van der Waals surface area contributed by atoms with Crippen molar-refractivity contribution in [2.75, 3.05) is 13.1 Å². The molecular weight excluding hydrogens is 472 g/mol. The van der Waals surface area contributed by atoms with Crippen molar-refractivity contribution < 1.29 is 9.53 Å². The average molecular weight is 495 g/mol. The van der Waals surface area contributed by atoms with Gasteiger partial charge in [-0.05, 0) is 72.3 Å². The zero-order chi connectivity index (χ0) is 21.8. The van der Waals surface area contributed by atoms with Crippen molar-refractivity contribution in [1.82, 2.24) is 4.90 Å². The predicted octanol–water partition coefficient (Wildman–Crippen LogP) is 6.49. The monoisotopic (exact) mass is 494 g/mol. The lowest BCUT2D eigenvalue weighted by Crippen LogP contribution is -2.28. The van der Waals surface area contributed by atoms with Crippen LogP contribution in [0.25, 0.3) is 16.8 Å². The van der Waals surface area contributed by atoms with Gasteiger partial charge in [0.05, 0.1) is 4.91 Å². The van der Waals surface area contributed by atoms with Gasteiger partial charge in [0, 0.05) is 23.1 Å². The third-order valence-corrected chi connectivity index (χ3v) is 6.50. The molecule has 3 aromatic carbocycles. The highest BCUT2D eigenvalue weighted by Crippen LogP contribution is 2.35. The number of amides is 1. The lowest BCUT2D eigenvalue weighted by Gasteiger charge is -2.12. The predicted molar refractivity (Wildman–Crippen MR) is 133 cm³/mol. The van der Waals surface area contributed by atoms with Gasteiger partial charge >= 0.3 is 0 Å². The summed E-state index contributed by atoms with van der Waals surface area (Å²) >= 11 is 4.95. The van der Waals surface area contributed by atoms with Gasteiger partial charge in [-0.1, -0.05) is 52.3 Å². The minimum Gasteiger partial charge on any atom is -0.488 e. The summed E-state index contributed by atoms with van der Waals surface area (Å²) in [6, 6.07) is 20.5. The van der Waals surface area contributed by atoms with E-state index in [-0.39, 0.29) is 5.91 Å². The summed E-state index contributed by atoms with van der Waals surface area (Å²) < 4.78 is 7.10. The first-order chi connectivity index (χ1) is 15.1. The number of hydrogen-bond donors (Lipinski definition) is 0. The highest BCUT2D eigenvalue weighted by atomic mass is 79.9. The zero-order valence-electron chi connectivity index (χ0n) is 17.5. The molecule has 158 valence electrons. The molecule has 1 aliphatic heterocycles. The van der Waals surface area contributed by atoms with Crippen LogP contribution in [0.5, 0.6) is 5.75 Å². The Kier molecular flexibility index (Phi) is 6.78. The highest BCUT2D eigenvalue weighted by molar-refractivity contribution is 9.10. The van der Waals surface area contributed by atoms with E-state index in [2.05, 4.69) is 51.3 Å². The van der Waals surface area contributed by atoms with Crippen molar-refractivity contribution in [3.63, 3.8) is 0 Å². The van der Waals surface area contributed by atoms with Gasteiger partial charge < -0.3 is 4.74 Å². The Morgan fingerprint density at radius 2 is 1.87 bits per heavy atom. The fourth-order valence-electron chi connectivity index (χ4n) is 3.43. The van der Waals surface area contributed by atoms with Crippen molar-refractivity contribution in [2.24, 2.45) is 4.99 Å². The number of benzene rings is 3. The molecule has 0 radical (unpaired) electrons. The number of halogens is 1. The van der Waals surface area contributed by atoms with Crippen LogP contribution >= 0.6 is 27.7 Å². The Morgan fingerprint density at radius 3 is 2.65 bits per heavy atom. The maximum absolute atomic E-state index is 12.8. The van der Waals surface area contributed by atoms with Crippen LogP contribution in [-0.2, 0) is 11.4 Å². The summed E-state index contributed by atoms with van der Waals surface area (Å²) in [5.41, 5.74) is 1.96. The van der Waals surface area contributed by atoms with E-state index in [0.717, 1.165) is 26.5 Å². The van der Waals surface area contributed by atoms with E-state index in [0.29, 0.717) is 24.6 Å². The zero-order valence-corrected chi connectivity index (χ0v) is 19.9. The molecule has 1 heterocycles. The van der Waals surface area contributed by atoms with Crippen LogP contribution < -0.4 is 4.74 Å². The first kappa shape index (κ1) is 21.7. The minimum absolute atomic E-state index is 0.0137. The molecular formula is C25H23BrN2O2S. The lowest BCUT2D eigenvalue weighted by atomic mass is 10.1. The van der Waals surface area contributed by atoms with Crippen molar-refractivity contribution in [1.29, 1.82) is 0 Å².